The molecule has 15 heteroatoms. The molecular formula is C45H51N11O2S2. The van der Waals surface area contributed by atoms with Crippen molar-refractivity contribution in [1.29, 1.82) is 0 Å². The van der Waals surface area contributed by atoms with E-state index in [0.29, 0.717) is 24.2 Å². The lowest BCUT2D eigenvalue weighted by Crippen LogP contribution is -2.20. The number of benzene rings is 4. The minimum Gasteiger partial charge on any atom is -0.326 e. The molecule has 0 atom stereocenters. The van der Waals surface area contributed by atoms with Gasteiger partial charge in [-0.05, 0) is 92.0 Å². The van der Waals surface area contributed by atoms with Gasteiger partial charge in [0.1, 0.15) is 11.4 Å². The third kappa shape index (κ3) is 11.8. The van der Waals surface area contributed by atoms with Gasteiger partial charge in [0.25, 0.3) is 0 Å². The molecule has 4 aromatic carbocycles. The number of hydrogen-bond donors (Lipinski definition) is 4. The fraction of sp³-hybridized carbons (Fsp3) is 0.311. The summed E-state index contributed by atoms with van der Waals surface area (Å²) in [5.41, 5.74) is 7.82. The van der Waals surface area contributed by atoms with Gasteiger partial charge < -0.3 is 21.3 Å². The normalized spacial score (nSPS) is 11.4. The van der Waals surface area contributed by atoms with Gasteiger partial charge in [0.15, 0.2) is 0 Å². The first kappa shape index (κ1) is 42.5. The van der Waals surface area contributed by atoms with Gasteiger partial charge >= 0.3 is 0 Å². The van der Waals surface area contributed by atoms with Gasteiger partial charge in [-0.1, -0.05) is 60.7 Å². The summed E-state index contributed by atoms with van der Waals surface area (Å²) < 4.78 is 3.47. The van der Waals surface area contributed by atoms with Gasteiger partial charge in [-0.2, -0.15) is 23.5 Å². The Morgan fingerprint density at radius 1 is 0.583 bits per heavy atom. The van der Waals surface area contributed by atoms with E-state index in [2.05, 4.69) is 61.8 Å². The lowest BCUT2D eigenvalue weighted by atomic mass is 10.1. The van der Waals surface area contributed by atoms with E-state index < -0.39 is 0 Å². The molecule has 13 nitrogen and oxygen atoms in total. The lowest BCUT2D eigenvalue weighted by Gasteiger charge is -2.08. The van der Waals surface area contributed by atoms with Crippen molar-refractivity contribution in [2.45, 2.75) is 39.5 Å². The highest BCUT2D eigenvalue weighted by molar-refractivity contribution is 7.99. The Bertz CT molecular complexity index is 2350. The van der Waals surface area contributed by atoms with E-state index in [0.717, 1.165) is 118 Å². The number of anilines is 2. The molecule has 0 aliphatic heterocycles. The number of fused-ring (bicyclic) bond motifs is 2. The average Bonchev–Trinajstić information content (AvgIpc) is 3.97. The number of nitrogens with zero attached hydrogens (tertiary/aromatic N) is 7. The van der Waals surface area contributed by atoms with E-state index in [1.165, 1.54) is 0 Å². The van der Waals surface area contributed by atoms with Crippen LogP contribution in [0.4, 0.5) is 11.4 Å². The topological polar surface area (TPSA) is 157 Å². The molecule has 3 heterocycles. The van der Waals surface area contributed by atoms with Crippen molar-refractivity contribution in [3.63, 3.8) is 0 Å². The Kier molecular flexibility index (Phi) is 15.3. The highest BCUT2D eigenvalue weighted by Crippen LogP contribution is 2.27. The number of carbonyl (C=O) groups is 2. The molecule has 0 fully saturated rings. The summed E-state index contributed by atoms with van der Waals surface area (Å²) in [4.78, 5) is 30.2. The molecule has 0 radical (unpaired) electrons. The van der Waals surface area contributed by atoms with Crippen LogP contribution in [-0.2, 0) is 9.59 Å². The molecule has 7 rings (SSSR count). The summed E-state index contributed by atoms with van der Waals surface area (Å²) in [6.45, 7) is 7.89. The van der Waals surface area contributed by atoms with Crippen LogP contribution in [-0.4, -0.2) is 96.0 Å². The van der Waals surface area contributed by atoms with Crippen LogP contribution in [0.3, 0.4) is 0 Å². The number of carbonyl (C=O) groups excluding carboxylic acids is 2. The summed E-state index contributed by atoms with van der Waals surface area (Å²) in [7, 11) is 0. The zero-order valence-corrected chi connectivity index (χ0v) is 35.7. The summed E-state index contributed by atoms with van der Waals surface area (Å²) in [6.07, 6.45) is 6.24. The molecule has 0 aliphatic rings. The number of nitrogens with one attached hydrogen (secondary N) is 4. The fourth-order valence-corrected chi connectivity index (χ4v) is 7.82. The summed E-state index contributed by atoms with van der Waals surface area (Å²) in [6, 6.07) is 29.5. The van der Waals surface area contributed by atoms with E-state index in [1.807, 2.05) is 121 Å². The van der Waals surface area contributed by atoms with Gasteiger partial charge in [-0.25, -0.2) is 14.3 Å². The van der Waals surface area contributed by atoms with Crippen molar-refractivity contribution < 1.29 is 9.59 Å². The number of rotatable bonds is 22. The Morgan fingerprint density at radius 2 is 1.07 bits per heavy atom. The maximum atomic E-state index is 12.6. The largest absolute Gasteiger partial charge is 0.326 e. The second-order valence-electron chi connectivity index (χ2n) is 14.2. The van der Waals surface area contributed by atoms with Crippen LogP contribution < -0.4 is 21.3 Å². The van der Waals surface area contributed by atoms with Crippen LogP contribution in [0.15, 0.2) is 103 Å². The Labute approximate surface area is 358 Å². The number of aromatic nitrogens is 7. The van der Waals surface area contributed by atoms with Crippen LogP contribution in [0.1, 0.15) is 39.5 Å². The van der Waals surface area contributed by atoms with Crippen LogP contribution in [0.25, 0.3) is 55.7 Å². The van der Waals surface area contributed by atoms with Crippen molar-refractivity contribution >= 4 is 68.5 Å². The van der Waals surface area contributed by atoms with Crippen molar-refractivity contribution in [3.8, 4) is 33.9 Å². The summed E-state index contributed by atoms with van der Waals surface area (Å²) in [5.74, 6) is 4.40. The van der Waals surface area contributed by atoms with Gasteiger partial charge in [0, 0.05) is 70.7 Å². The van der Waals surface area contributed by atoms with E-state index in [9.17, 15) is 9.59 Å². The van der Waals surface area contributed by atoms with Crippen LogP contribution >= 0.6 is 23.5 Å². The average molecular weight is 842 g/mol. The quantitative estimate of drug-likeness (QED) is 0.0387. The van der Waals surface area contributed by atoms with E-state index in [4.69, 9.17) is 4.98 Å². The minimum absolute atomic E-state index is 0.00858. The van der Waals surface area contributed by atoms with Crippen molar-refractivity contribution in [1.82, 2.24) is 45.6 Å². The molecular weight excluding hydrogens is 791 g/mol. The molecule has 0 saturated heterocycles. The maximum absolute atomic E-state index is 12.6. The molecule has 2 amide bonds. The fourth-order valence-electron chi connectivity index (χ4n) is 6.66. The summed E-state index contributed by atoms with van der Waals surface area (Å²) in [5, 5.41) is 32.6. The standard InChI is InChI=1S/C45H51N11O2S2/c1-3-59-23-21-46-19-7-13-44(57)48-36-11-5-9-32(26-36)42-30-55(53-51-42)38-17-15-34-25-35-16-18-39(29-41(35)50-40(34)28-38)56-31-43(52-54-56)33-10-6-12-37(27-33)49-45(58)14-8-20-47-22-24-60-4-2/h5-6,9-12,15-18,25-31,46-47H,3-4,7-8,13-14,19-24H2,1-2H3,(H,48,57)(H,49,58). The Balaban J connectivity index is 0.982. The lowest BCUT2D eigenvalue weighted by molar-refractivity contribution is -0.117. The SMILES string of the molecule is CCSCCNCCCC(=O)Nc1cccc(-c2cn(-c3ccc4cc5ccc(-n6cc(-c7cccc(NC(=O)CCCNCCSCC)c7)nn6)cc5nc4c3)nn2)c1. The predicted octanol–water partition coefficient (Wildman–Crippen LogP) is 8.01. The third-order valence-electron chi connectivity index (χ3n) is 9.75. The smallest absolute Gasteiger partial charge is 0.224 e. The number of amides is 2. The first-order valence-corrected chi connectivity index (χ1v) is 22.8. The van der Waals surface area contributed by atoms with E-state index in [1.54, 1.807) is 9.36 Å². The first-order valence-electron chi connectivity index (χ1n) is 20.5. The highest BCUT2D eigenvalue weighted by atomic mass is 32.2. The van der Waals surface area contributed by atoms with Crippen LogP contribution in [0.5, 0.6) is 0 Å². The molecule has 60 heavy (non-hydrogen) atoms. The van der Waals surface area contributed by atoms with Crippen LogP contribution in [0.2, 0.25) is 0 Å². The number of thioether (sulfide) groups is 2. The second-order valence-corrected chi connectivity index (χ2v) is 17.0. The van der Waals surface area contributed by atoms with Gasteiger partial charge in [0.05, 0.1) is 34.8 Å². The minimum atomic E-state index is -0.00858. The Morgan fingerprint density at radius 3 is 1.53 bits per heavy atom. The molecule has 0 aliphatic carbocycles. The van der Waals surface area contributed by atoms with E-state index in [-0.39, 0.29) is 11.8 Å². The van der Waals surface area contributed by atoms with Gasteiger partial charge in [-0.3, -0.25) is 9.59 Å². The Hall–Kier alpha value is -5.61. The van der Waals surface area contributed by atoms with E-state index >= 15 is 0 Å². The molecule has 7 aromatic rings. The molecule has 0 unspecified atom stereocenters. The molecule has 0 spiro atoms. The molecule has 3 aromatic heterocycles. The molecule has 310 valence electrons. The second kappa shape index (κ2) is 21.6. The zero-order chi connectivity index (χ0) is 41.5. The van der Waals surface area contributed by atoms with Gasteiger partial charge in [0.2, 0.25) is 11.8 Å². The third-order valence-corrected chi connectivity index (χ3v) is 11.6. The molecule has 0 saturated carbocycles. The van der Waals surface area contributed by atoms with Gasteiger partial charge in [-0.15, -0.1) is 10.2 Å². The summed E-state index contributed by atoms with van der Waals surface area (Å²) >= 11 is 3.82. The zero-order valence-electron chi connectivity index (χ0n) is 34.1. The van der Waals surface area contributed by atoms with Crippen LogP contribution in [0, 0.1) is 0 Å². The molecule has 0 bridgehead atoms. The number of hydrogen-bond acceptors (Lipinski definition) is 11. The van der Waals surface area contributed by atoms with Crippen molar-refractivity contribution in [3.05, 3.63) is 103 Å². The predicted molar refractivity (Wildman–Crippen MR) is 247 cm³/mol. The molecule has 4 N–H and O–H groups in total. The monoisotopic (exact) mass is 841 g/mol. The highest BCUT2D eigenvalue weighted by Gasteiger charge is 2.12. The maximum Gasteiger partial charge on any atom is 0.224 e. The number of pyridine rings is 1. The van der Waals surface area contributed by atoms with Crippen molar-refractivity contribution in [2.75, 3.05) is 59.8 Å². The van der Waals surface area contributed by atoms with Crippen molar-refractivity contribution in [2.24, 2.45) is 0 Å². The first-order chi connectivity index (χ1) is 29.4.